The zero-order valence-corrected chi connectivity index (χ0v) is 11.7. The molecule has 2 saturated carbocycles. The van der Waals surface area contributed by atoms with E-state index in [0.29, 0.717) is 23.9 Å². The van der Waals surface area contributed by atoms with Crippen LogP contribution < -0.4 is 11.1 Å². The smallest absolute Gasteiger partial charge is 0.223 e. The number of amides is 1. The van der Waals surface area contributed by atoms with E-state index in [-0.39, 0.29) is 5.92 Å². The van der Waals surface area contributed by atoms with Gasteiger partial charge in [-0.2, -0.15) is 0 Å². The Morgan fingerprint density at radius 1 is 1.00 bits per heavy atom. The molecule has 2 rings (SSSR count). The Kier molecular flexibility index (Phi) is 5.04. The van der Waals surface area contributed by atoms with E-state index in [9.17, 15) is 4.79 Å². The van der Waals surface area contributed by atoms with Crippen molar-refractivity contribution in [1.29, 1.82) is 0 Å². The highest BCUT2D eigenvalue weighted by atomic mass is 16.1. The Labute approximate surface area is 111 Å². The fourth-order valence-electron chi connectivity index (χ4n) is 3.39. The van der Waals surface area contributed by atoms with Crippen LogP contribution in [-0.4, -0.2) is 18.0 Å². The van der Waals surface area contributed by atoms with Crippen LogP contribution in [0.25, 0.3) is 0 Å². The summed E-state index contributed by atoms with van der Waals surface area (Å²) in [6.45, 7) is 2.28. The molecule has 104 valence electrons. The molecule has 3 heteroatoms. The van der Waals surface area contributed by atoms with E-state index in [1.807, 2.05) is 0 Å². The van der Waals surface area contributed by atoms with Gasteiger partial charge in [0.2, 0.25) is 5.91 Å². The number of nitrogens with two attached hydrogens (primary N) is 1. The maximum Gasteiger partial charge on any atom is 0.223 e. The average Bonchev–Trinajstić information content (AvgIpc) is 2.56. The number of nitrogens with one attached hydrogen (secondary N) is 1. The zero-order valence-electron chi connectivity index (χ0n) is 11.7. The first kappa shape index (κ1) is 13.9. The summed E-state index contributed by atoms with van der Waals surface area (Å²) in [5, 5.41) is 3.31. The molecule has 2 aliphatic carbocycles. The van der Waals surface area contributed by atoms with E-state index in [2.05, 4.69) is 12.2 Å². The number of carbonyl (C=O) groups excluding carboxylic acids is 1. The van der Waals surface area contributed by atoms with Crippen molar-refractivity contribution in [3.8, 4) is 0 Å². The normalized spacial score (nSPS) is 37.9. The van der Waals surface area contributed by atoms with Crippen LogP contribution in [0.15, 0.2) is 0 Å². The first-order valence-corrected chi connectivity index (χ1v) is 7.72. The first-order chi connectivity index (χ1) is 8.66. The Morgan fingerprint density at radius 2 is 1.67 bits per heavy atom. The lowest BCUT2D eigenvalue weighted by molar-refractivity contribution is -0.127. The summed E-state index contributed by atoms with van der Waals surface area (Å²) >= 11 is 0. The maximum absolute atomic E-state index is 12.3. The van der Waals surface area contributed by atoms with E-state index in [1.54, 1.807) is 0 Å². The van der Waals surface area contributed by atoms with Crippen molar-refractivity contribution < 1.29 is 4.79 Å². The molecular formula is C15H28N2O. The molecule has 2 aliphatic rings. The van der Waals surface area contributed by atoms with E-state index < -0.39 is 0 Å². The van der Waals surface area contributed by atoms with Gasteiger partial charge in [-0.05, 0) is 44.4 Å². The molecular weight excluding hydrogens is 224 g/mol. The van der Waals surface area contributed by atoms with Gasteiger partial charge >= 0.3 is 0 Å². The third-order valence-electron chi connectivity index (χ3n) is 4.83. The summed E-state index contributed by atoms with van der Waals surface area (Å²) in [6.07, 6.45) is 10.3. The highest BCUT2D eigenvalue weighted by Crippen LogP contribution is 2.26. The van der Waals surface area contributed by atoms with Gasteiger partial charge in [0.25, 0.3) is 0 Å². The summed E-state index contributed by atoms with van der Waals surface area (Å²) in [7, 11) is 0. The van der Waals surface area contributed by atoms with E-state index in [1.165, 1.54) is 32.1 Å². The Morgan fingerprint density at radius 3 is 2.39 bits per heavy atom. The van der Waals surface area contributed by atoms with Gasteiger partial charge in [-0.1, -0.05) is 26.2 Å². The quantitative estimate of drug-likeness (QED) is 0.742. The van der Waals surface area contributed by atoms with E-state index >= 15 is 0 Å². The standard InChI is InChI=1S/C15H28N2O/c1-11-5-3-2-4-6-14(11)17-15(18)12-7-9-13(16)10-8-12/h11-14H,2-10,16H2,1H3,(H,17,18). The number of hydrogen-bond donors (Lipinski definition) is 2. The van der Waals surface area contributed by atoms with Gasteiger partial charge in [0.15, 0.2) is 0 Å². The topological polar surface area (TPSA) is 55.1 Å². The summed E-state index contributed by atoms with van der Waals surface area (Å²) in [4.78, 5) is 12.3. The second kappa shape index (κ2) is 6.55. The minimum atomic E-state index is 0.222. The molecule has 2 atom stereocenters. The van der Waals surface area contributed by atoms with Crippen molar-refractivity contribution in [2.45, 2.75) is 76.8 Å². The third kappa shape index (κ3) is 3.71. The minimum Gasteiger partial charge on any atom is -0.353 e. The molecule has 2 fully saturated rings. The second-order valence-electron chi connectivity index (χ2n) is 6.34. The van der Waals surface area contributed by atoms with Gasteiger partial charge in [-0.3, -0.25) is 4.79 Å². The maximum atomic E-state index is 12.3. The molecule has 0 bridgehead atoms. The van der Waals surface area contributed by atoms with E-state index in [0.717, 1.165) is 25.7 Å². The molecule has 2 unspecified atom stereocenters. The lowest BCUT2D eigenvalue weighted by atomic mass is 9.85. The van der Waals surface area contributed by atoms with Gasteiger partial charge < -0.3 is 11.1 Å². The molecule has 3 N–H and O–H groups in total. The highest BCUT2D eigenvalue weighted by Gasteiger charge is 2.28. The van der Waals surface area contributed by atoms with Gasteiger partial charge in [-0.15, -0.1) is 0 Å². The average molecular weight is 252 g/mol. The van der Waals surface area contributed by atoms with Crippen LogP contribution in [0.4, 0.5) is 0 Å². The van der Waals surface area contributed by atoms with Crippen LogP contribution in [0.2, 0.25) is 0 Å². The monoisotopic (exact) mass is 252 g/mol. The predicted octanol–water partition coefficient (Wildman–Crippen LogP) is 2.59. The SMILES string of the molecule is CC1CCCCCC1NC(=O)C1CCC(N)CC1. The second-order valence-corrected chi connectivity index (χ2v) is 6.34. The van der Waals surface area contributed by atoms with Gasteiger partial charge in [0, 0.05) is 18.0 Å². The number of carbonyl (C=O) groups is 1. The molecule has 3 nitrogen and oxygen atoms in total. The molecule has 0 aliphatic heterocycles. The predicted molar refractivity (Wildman–Crippen MR) is 74.1 cm³/mol. The van der Waals surface area contributed by atoms with Crippen molar-refractivity contribution in [3.63, 3.8) is 0 Å². The highest BCUT2D eigenvalue weighted by molar-refractivity contribution is 5.79. The lowest BCUT2D eigenvalue weighted by Crippen LogP contribution is -2.43. The van der Waals surface area contributed by atoms with Crippen molar-refractivity contribution in [2.24, 2.45) is 17.6 Å². The molecule has 1 amide bonds. The number of rotatable bonds is 2. The Balaban J connectivity index is 1.82. The Hall–Kier alpha value is -0.570. The fraction of sp³-hybridized carbons (Fsp3) is 0.933. The summed E-state index contributed by atoms with van der Waals surface area (Å²) in [6, 6.07) is 0.737. The molecule has 0 aromatic rings. The van der Waals surface area contributed by atoms with Gasteiger partial charge in [-0.25, -0.2) is 0 Å². The van der Waals surface area contributed by atoms with Crippen LogP contribution >= 0.6 is 0 Å². The van der Waals surface area contributed by atoms with Gasteiger partial charge in [0.1, 0.15) is 0 Å². The molecule has 0 aromatic carbocycles. The van der Waals surface area contributed by atoms with Crippen LogP contribution in [-0.2, 0) is 4.79 Å². The van der Waals surface area contributed by atoms with Gasteiger partial charge in [0.05, 0.1) is 0 Å². The first-order valence-electron chi connectivity index (χ1n) is 7.72. The van der Waals surface area contributed by atoms with Crippen LogP contribution in [0, 0.1) is 11.8 Å². The fourth-order valence-corrected chi connectivity index (χ4v) is 3.39. The summed E-state index contributed by atoms with van der Waals surface area (Å²) in [5.74, 6) is 1.16. The molecule has 0 aromatic heterocycles. The number of hydrogen-bond acceptors (Lipinski definition) is 2. The minimum absolute atomic E-state index is 0.222. The van der Waals surface area contributed by atoms with Crippen LogP contribution in [0.3, 0.4) is 0 Å². The lowest BCUT2D eigenvalue weighted by Gasteiger charge is -2.29. The van der Waals surface area contributed by atoms with Crippen LogP contribution in [0.1, 0.15) is 64.7 Å². The van der Waals surface area contributed by atoms with Crippen molar-refractivity contribution in [3.05, 3.63) is 0 Å². The van der Waals surface area contributed by atoms with Crippen molar-refractivity contribution in [1.82, 2.24) is 5.32 Å². The van der Waals surface area contributed by atoms with Crippen molar-refractivity contribution >= 4 is 5.91 Å². The zero-order chi connectivity index (χ0) is 13.0. The molecule has 0 heterocycles. The molecule has 0 saturated heterocycles. The van der Waals surface area contributed by atoms with Crippen LogP contribution in [0.5, 0.6) is 0 Å². The summed E-state index contributed by atoms with van der Waals surface area (Å²) in [5.41, 5.74) is 5.89. The molecule has 0 radical (unpaired) electrons. The Bertz CT molecular complexity index is 272. The van der Waals surface area contributed by atoms with Crippen molar-refractivity contribution in [2.75, 3.05) is 0 Å². The molecule has 18 heavy (non-hydrogen) atoms. The summed E-state index contributed by atoms with van der Waals surface area (Å²) < 4.78 is 0. The largest absolute Gasteiger partial charge is 0.353 e. The molecule has 0 spiro atoms. The third-order valence-corrected chi connectivity index (χ3v) is 4.83. The van der Waals surface area contributed by atoms with E-state index in [4.69, 9.17) is 5.73 Å².